The van der Waals surface area contributed by atoms with Crippen molar-refractivity contribution in [3.63, 3.8) is 0 Å². The number of benzene rings is 1. The molecule has 6 heteroatoms. The summed E-state index contributed by atoms with van der Waals surface area (Å²) < 4.78 is 10.6. The van der Waals surface area contributed by atoms with Gasteiger partial charge < -0.3 is 24.8 Å². The standard InChI is InChI=1S/C14H12O6/c1-19-14-8(16)2-3-10-11(14)12(18)7-4-6(15)5-9(17)13(7)20-10/h2-5,10-11,15-17H,1H3. The number of phenolic OH excluding ortho intramolecular Hbond substituents is 2. The van der Waals surface area contributed by atoms with Gasteiger partial charge in [0.15, 0.2) is 28.8 Å². The van der Waals surface area contributed by atoms with Crippen LogP contribution in [0.4, 0.5) is 0 Å². The quantitative estimate of drug-likeness (QED) is 0.721. The second-order valence-electron chi connectivity index (χ2n) is 4.58. The van der Waals surface area contributed by atoms with Gasteiger partial charge in [0.05, 0.1) is 12.7 Å². The second kappa shape index (κ2) is 4.19. The lowest BCUT2D eigenvalue weighted by Crippen LogP contribution is -2.40. The van der Waals surface area contributed by atoms with E-state index in [1.165, 1.54) is 25.3 Å². The van der Waals surface area contributed by atoms with E-state index in [-0.39, 0.29) is 34.3 Å². The average molecular weight is 276 g/mol. The minimum atomic E-state index is -0.835. The summed E-state index contributed by atoms with van der Waals surface area (Å²) in [6, 6.07) is 2.32. The molecule has 3 rings (SSSR count). The van der Waals surface area contributed by atoms with Crippen LogP contribution in [0.1, 0.15) is 10.4 Å². The first-order valence-electron chi connectivity index (χ1n) is 5.95. The van der Waals surface area contributed by atoms with Crippen molar-refractivity contribution in [2.75, 3.05) is 7.11 Å². The Morgan fingerprint density at radius 1 is 1.25 bits per heavy atom. The molecule has 0 amide bonds. The van der Waals surface area contributed by atoms with Gasteiger partial charge >= 0.3 is 0 Å². The average Bonchev–Trinajstić information content (AvgIpc) is 2.41. The second-order valence-corrected chi connectivity index (χ2v) is 4.58. The van der Waals surface area contributed by atoms with Gasteiger partial charge in [0.2, 0.25) is 0 Å². The molecule has 0 bridgehead atoms. The number of phenols is 2. The fourth-order valence-corrected chi connectivity index (χ4v) is 2.50. The highest BCUT2D eigenvalue weighted by atomic mass is 16.5. The van der Waals surface area contributed by atoms with Gasteiger partial charge in [0.1, 0.15) is 17.8 Å². The van der Waals surface area contributed by atoms with Crippen molar-refractivity contribution in [1.82, 2.24) is 0 Å². The van der Waals surface area contributed by atoms with Gasteiger partial charge in [0, 0.05) is 6.07 Å². The predicted octanol–water partition coefficient (Wildman–Crippen LogP) is 1.64. The Balaban J connectivity index is 2.16. The maximum Gasteiger partial charge on any atom is 0.181 e. The summed E-state index contributed by atoms with van der Waals surface area (Å²) in [5, 5.41) is 29.0. The molecule has 6 nitrogen and oxygen atoms in total. The van der Waals surface area contributed by atoms with Crippen LogP contribution in [0, 0.1) is 5.92 Å². The Labute approximate surface area is 114 Å². The molecule has 2 atom stereocenters. The SMILES string of the molecule is COC1=C(O)C=CC2Oc3c(O)cc(O)cc3C(=O)C12. The van der Waals surface area contributed by atoms with Crippen LogP contribution in [0.25, 0.3) is 0 Å². The van der Waals surface area contributed by atoms with Gasteiger partial charge in [-0.3, -0.25) is 4.79 Å². The Morgan fingerprint density at radius 2 is 2.00 bits per heavy atom. The van der Waals surface area contributed by atoms with Gasteiger partial charge in [-0.25, -0.2) is 0 Å². The van der Waals surface area contributed by atoms with E-state index in [1.54, 1.807) is 0 Å². The fourth-order valence-electron chi connectivity index (χ4n) is 2.50. The summed E-state index contributed by atoms with van der Waals surface area (Å²) in [7, 11) is 1.35. The van der Waals surface area contributed by atoms with E-state index in [4.69, 9.17) is 9.47 Å². The van der Waals surface area contributed by atoms with Crippen LogP contribution in [0.3, 0.4) is 0 Å². The number of carbonyl (C=O) groups is 1. The number of rotatable bonds is 1. The van der Waals surface area contributed by atoms with E-state index in [2.05, 4.69) is 0 Å². The summed E-state index contributed by atoms with van der Waals surface area (Å²) in [5.74, 6) is -1.79. The Hall–Kier alpha value is -2.63. The van der Waals surface area contributed by atoms with Crippen LogP contribution in [0.15, 0.2) is 35.8 Å². The van der Waals surface area contributed by atoms with Crippen molar-refractivity contribution in [3.8, 4) is 17.2 Å². The third-order valence-electron chi connectivity index (χ3n) is 3.38. The van der Waals surface area contributed by atoms with Gasteiger partial charge in [0.25, 0.3) is 0 Å². The molecule has 1 heterocycles. The van der Waals surface area contributed by atoms with Crippen molar-refractivity contribution in [3.05, 3.63) is 41.4 Å². The number of methoxy groups -OCH3 is 1. The van der Waals surface area contributed by atoms with Gasteiger partial charge in [-0.2, -0.15) is 0 Å². The Morgan fingerprint density at radius 3 is 2.70 bits per heavy atom. The molecular formula is C14H12O6. The van der Waals surface area contributed by atoms with E-state index < -0.39 is 17.8 Å². The minimum absolute atomic E-state index is 0.0237. The number of hydrogen-bond acceptors (Lipinski definition) is 6. The minimum Gasteiger partial charge on any atom is -0.508 e. The smallest absolute Gasteiger partial charge is 0.181 e. The maximum absolute atomic E-state index is 12.5. The number of fused-ring (bicyclic) bond motifs is 2. The molecule has 0 saturated heterocycles. The summed E-state index contributed by atoms with van der Waals surface area (Å²) in [6.07, 6.45) is 2.24. The van der Waals surface area contributed by atoms with Crippen molar-refractivity contribution in [2.45, 2.75) is 6.10 Å². The van der Waals surface area contributed by atoms with Crippen LogP contribution >= 0.6 is 0 Å². The van der Waals surface area contributed by atoms with Crippen molar-refractivity contribution in [2.24, 2.45) is 5.92 Å². The van der Waals surface area contributed by atoms with Gasteiger partial charge in [-0.05, 0) is 18.2 Å². The van der Waals surface area contributed by atoms with Crippen LogP contribution < -0.4 is 4.74 Å². The monoisotopic (exact) mass is 276 g/mol. The maximum atomic E-state index is 12.5. The molecule has 0 radical (unpaired) electrons. The summed E-state index contributed by atoms with van der Waals surface area (Å²) in [5.41, 5.74) is 0.0569. The first-order chi connectivity index (χ1) is 9.52. The highest BCUT2D eigenvalue weighted by molar-refractivity contribution is 6.04. The fraction of sp³-hybridized carbons (Fsp3) is 0.214. The Bertz CT molecular complexity index is 658. The van der Waals surface area contributed by atoms with Crippen molar-refractivity contribution in [1.29, 1.82) is 0 Å². The first-order valence-corrected chi connectivity index (χ1v) is 5.95. The normalized spacial score (nSPS) is 23.9. The lowest BCUT2D eigenvalue weighted by molar-refractivity contribution is 0.0658. The molecule has 1 aliphatic heterocycles. The summed E-state index contributed by atoms with van der Waals surface area (Å²) >= 11 is 0. The molecule has 3 N–H and O–H groups in total. The molecule has 0 spiro atoms. The van der Waals surface area contributed by atoms with E-state index in [0.29, 0.717) is 0 Å². The van der Waals surface area contributed by atoms with Crippen LogP contribution in [0.5, 0.6) is 17.2 Å². The molecule has 0 aromatic heterocycles. The number of carbonyl (C=O) groups excluding carboxylic acids is 1. The predicted molar refractivity (Wildman–Crippen MR) is 67.8 cm³/mol. The molecule has 1 aromatic carbocycles. The lowest BCUT2D eigenvalue weighted by atomic mass is 9.84. The summed E-state index contributed by atoms with van der Waals surface area (Å²) in [6.45, 7) is 0. The number of Topliss-reactive ketones (excluding diaryl/α,β-unsaturated/α-hetero) is 1. The van der Waals surface area contributed by atoms with Crippen LogP contribution in [-0.2, 0) is 4.74 Å². The van der Waals surface area contributed by atoms with Crippen molar-refractivity contribution >= 4 is 5.78 Å². The van der Waals surface area contributed by atoms with Crippen LogP contribution in [0.2, 0.25) is 0 Å². The molecule has 104 valence electrons. The zero-order chi connectivity index (χ0) is 14.4. The Kier molecular flexibility index (Phi) is 2.60. The number of ether oxygens (including phenoxy) is 2. The highest BCUT2D eigenvalue weighted by Gasteiger charge is 2.43. The first kappa shape index (κ1) is 12.4. The van der Waals surface area contributed by atoms with Crippen molar-refractivity contribution < 1.29 is 29.6 Å². The van der Waals surface area contributed by atoms with Gasteiger partial charge in [-0.1, -0.05) is 0 Å². The highest BCUT2D eigenvalue weighted by Crippen LogP contribution is 2.44. The molecule has 0 fully saturated rings. The number of aliphatic hydroxyl groups is 1. The third-order valence-corrected chi connectivity index (χ3v) is 3.38. The van der Waals surface area contributed by atoms with E-state index >= 15 is 0 Å². The third kappa shape index (κ3) is 1.61. The molecular weight excluding hydrogens is 264 g/mol. The van der Waals surface area contributed by atoms with Gasteiger partial charge in [-0.15, -0.1) is 0 Å². The van der Waals surface area contributed by atoms with E-state index in [1.807, 2.05) is 0 Å². The number of hydrogen-bond donors (Lipinski definition) is 3. The molecule has 20 heavy (non-hydrogen) atoms. The molecule has 2 unspecified atom stereocenters. The molecule has 2 aliphatic rings. The molecule has 0 saturated carbocycles. The van der Waals surface area contributed by atoms with Crippen LogP contribution in [-0.4, -0.2) is 34.3 Å². The largest absolute Gasteiger partial charge is 0.508 e. The zero-order valence-electron chi connectivity index (χ0n) is 10.5. The summed E-state index contributed by atoms with van der Waals surface area (Å²) in [4.78, 5) is 12.5. The lowest BCUT2D eigenvalue weighted by Gasteiger charge is -2.33. The van der Waals surface area contributed by atoms with E-state index in [0.717, 1.165) is 6.07 Å². The number of aliphatic hydroxyl groups excluding tert-OH is 1. The number of allylic oxidation sites excluding steroid dienone is 1. The number of aromatic hydroxyl groups is 2. The van der Waals surface area contributed by atoms with E-state index in [9.17, 15) is 20.1 Å². The molecule has 1 aromatic rings. The number of ketones is 1. The molecule has 1 aliphatic carbocycles. The topological polar surface area (TPSA) is 96.2 Å². The zero-order valence-corrected chi connectivity index (χ0v) is 10.5.